The molecule has 1 aromatic rings. The van der Waals surface area contributed by atoms with E-state index in [-0.39, 0.29) is 5.60 Å². The summed E-state index contributed by atoms with van der Waals surface area (Å²) in [6.07, 6.45) is 2.11. The van der Waals surface area contributed by atoms with Gasteiger partial charge in [0.1, 0.15) is 11.4 Å². The van der Waals surface area contributed by atoms with Crippen molar-refractivity contribution in [1.82, 2.24) is 10.2 Å². The number of likely N-dealkylation sites (N-methyl/N-ethyl adjacent to an activating group) is 1. The van der Waals surface area contributed by atoms with Gasteiger partial charge in [0.15, 0.2) is 0 Å². The van der Waals surface area contributed by atoms with E-state index in [0.717, 1.165) is 36.7 Å². The van der Waals surface area contributed by atoms with Crippen LogP contribution < -0.4 is 10.1 Å². The second-order valence-corrected chi connectivity index (χ2v) is 6.69. The molecule has 1 saturated heterocycles. The van der Waals surface area contributed by atoms with E-state index in [1.54, 1.807) is 0 Å². The fourth-order valence-electron chi connectivity index (χ4n) is 3.66. The second kappa shape index (κ2) is 5.21. The van der Waals surface area contributed by atoms with E-state index < -0.39 is 0 Å². The summed E-state index contributed by atoms with van der Waals surface area (Å²) in [6, 6.07) is 6.89. The molecule has 3 atom stereocenters. The Labute approximate surface area is 126 Å². The first-order chi connectivity index (χ1) is 9.53. The third-order valence-electron chi connectivity index (χ3n) is 4.66. The number of benzene rings is 1. The van der Waals surface area contributed by atoms with Crippen LogP contribution in [0, 0.1) is 0 Å². The van der Waals surface area contributed by atoms with Crippen LogP contribution >= 0.6 is 11.6 Å². The number of nitrogens with one attached hydrogen (secondary N) is 1. The van der Waals surface area contributed by atoms with Crippen molar-refractivity contribution in [1.29, 1.82) is 0 Å². The molecule has 0 bridgehead atoms. The van der Waals surface area contributed by atoms with Crippen LogP contribution in [0.4, 0.5) is 0 Å². The van der Waals surface area contributed by atoms with Gasteiger partial charge in [-0.1, -0.05) is 18.5 Å². The van der Waals surface area contributed by atoms with E-state index in [0.29, 0.717) is 12.1 Å². The van der Waals surface area contributed by atoms with Gasteiger partial charge in [0, 0.05) is 42.1 Å². The molecule has 1 N–H and O–H groups in total. The Kier molecular flexibility index (Phi) is 3.69. The lowest BCUT2D eigenvalue weighted by atomic mass is 9.85. The molecule has 0 aliphatic carbocycles. The van der Waals surface area contributed by atoms with Gasteiger partial charge in [0.25, 0.3) is 0 Å². The van der Waals surface area contributed by atoms with Gasteiger partial charge in [-0.3, -0.25) is 4.90 Å². The Hall–Kier alpha value is -0.770. The normalized spacial score (nSPS) is 33.2. The lowest BCUT2D eigenvalue weighted by molar-refractivity contribution is 0.0408. The Morgan fingerprint density at radius 3 is 2.90 bits per heavy atom. The minimum absolute atomic E-state index is 0.0537. The largest absolute Gasteiger partial charge is 0.485 e. The highest BCUT2D eigenvalue weighted by Gasteiger charge is 2.47. The Morgan fingerprint density at radius 1 is 1.45 bits per heavy atom. The molecule has 3 rings (SSSR count). The summed E-state index contributed by atoms with van der Waals surface area (Å²) in [5.74, 6) is 0.995. The lowest BCUT2D eigenvalue weighted by Crippen LogP contribution is -2.45. The van der Waals surface area contributed by atoms with Crippen LogP contribution in [0.1, 0.15) is 38.3 Å². The Balaban J connectivity index is 1.95. The van der Waals surface area contributed by atoms with Gasteiger partial charge >= 0.3 is 0 Å². The fraction of sp³-hybridized carbons (Fsp3) is 0.625. The van der Waals surface area contributed by atoms with Gasteiger partial charge in [0.2, 0.25) is 0 Å². The van der Waals surface area contributed by atoms with Crippen LogP contribution in [0.15, 0.2) is 18.2 Å². The molecule has 0 aromatic heterocycles. The van der Waals surface area contributed by atoms with Gasteiger partial charge < -0.3 is 10.1 Å². The molecule has 0 radical (unpaired) electrons. The van der Waals surface area contributed by atoms with Gasteiger partial charge in [-0.25, -0.2) is 0 Å². The Morgan fingerprint density at radius 2 is 2.25 bits per heavy atom. The molecule has 3 nitrogen and oxygen atoms in total. The van der Waals surface area contributed by atoms with Crippen molar-refractivity contribution in [2.45, 2.75) is 44.4 Å². The minimum atomic E-state index is -0.0537. The molecule has 3 unspecified atom stereocenters. The number of ether oxygens (including phenoxy) is 1. The number of likely N-dealkylation sites (tertiary alicyclic amines) is 1. The van der Waals surface area contributed by atoms with E-state index in [4.69, 9.17) is 16.3 Å². The number of hydrogen-bond acceptors (Lipinski definition) is 3. The van der Waals surface area contributed by atoms with Crippen molar-refractivity contribution in [2.75, 3.05) is 20.1 Å². The second-order valence-electron chi connectivity index (χ2n) is 6.25. The van der Waals surface area contributed by atoms with Gasteiger partial charge in [-0.05, 0) is 38.7 Å². The highest BCUT2D eigenvalue weighted by molar-refractivity contribution is 6.30. The van der Waals surface area contributed by atoms with Crippen LogP contribution in [0.5, 0.6) is 5.75 Å². The van der Waals surface area contributed by atoms with Crippen LogP contribution in [0.2, 0.25) is 5.02 Å². The highest BCUT2D eigenvalue weighted by atomic mass is 35.5. The lowest BCUT2D eigenvalue weighted by Gasteiger charge is -2.40. The first kappa shape index (κ1) is 14.2. The summed E-state index contributed by atoms with van der Waals surface area (Å²) in [4.78, 5) is 2.39. The predicted octanol–water partition coefficient (Wildman–Crippen LogP) is 3.24. The SMILES string of the molecule is CCNC1CC2(CC(C)N(C)C2)Oc2ccc(Cl)cc21. The quantitative estimate of drug-likeness (QED) is 0.906. The zero-order valence-electron chi connectivity index (χ0n) is 12.4. The minimum Gasteiger partial charge on any atom is -0.485 e. The van der Waals surface area contributed by atoms with Gasteiger partial charge in [-0.2, -0.15) is 0 Å². The maximum atomic E-state index is 6.41. The number of halogens is 1. The standard InChI is InChI=1S/C16H23ClN2O/c1-4-18-14-9-16(8-11(2)19(3)10-16)20-15-6-5-12(17)7-13(14)15/h5-7,11,14,18H,4,8-10H2,1-3H3. The first-order valence-corrected chi connectivity index (χ1v) is 7.83. The third kappa shape index (κ3) is 2.43. The molecule has 2 aliphatic rings. The summed E-state index contributed by atoms with van der Waals surface area (Å²) in [7, 11) is 2.18. The molecule has 0 saturated carbocycles. The number of rotatable bonds is 2. The van der Waals surface area contributed by atoms with Crippen molar-refractivity contribution < 1.29 is 4.74 Å². The molecule has 1 fully saturated rings. The van der Waals surface area contributed by atoms with E-state index in [1.807, 2.05) is 18.2 Å². The fourth-order valence-corrected chi connectivity index (χ4v) is 3.84. The average molecular weight is 295 g/mol. The third-order valence-corrected chi connectivity index (χ3v) is 4.89. The smallest absolute Gasteiger partial charge is 0.125 e. The van der Waals surface area contributed by atoms with Crippen LogP contribution in [-0.2, 0) is 0 Å². The maximum Gasteiger partial charge on any atom is 0.125 e. The molecule has 4 heteroatoms. The van der Waals surface area contributed by atoms with Crippen molar-refractivity contribution in [3.8, 4) is 5.75 Å². The molecule has 2 aliphatic heterocycles. The molecule has 20 heavy (non-hydrogen) atoms. The zero-order chi connectivity index (χ0) is 14.3. The van der Waals surface area contributed by atoms with E-state index in [9.17, 15) is 0 Å². The summed E-state index contributed by atoms with van der Waals surface area (Å²) < 4.78 is 6.41. The van der Waals surface area contributed by atoms with Crippen molar-refractivity contribution in [3.63, 3.8) is 0 Å². The molecule has 0 amide bonds. The monoisotopic (exact) mass is 294 g/mol. The summed E-state index contributed by atoms with van der Waals surface area (Å²) in [6.45, 7) is 6.38. The molecule has 110 valence electrons. The molecular weight excluding hydrogens is 272 g/mol. The topological polar surface area (TPSA) is 24.5 Å². The van der Waals surface area contributed by atoms with E-state index in [1.165, 1.54) is 5.56 Å². The maximum absolute atomic E-state index is 6.41. The summed E-state index contributed by atoms with van der Waals surface area (Å²) >= 11 is 6.15. The number of fused-ring (bicyclic) bond motifs is 1. The van der Waals surface area contributed by atoms with E-state index >= 15 is 0 Å². The average Bonchev–Trinajstić information content (AvgIpc) is 2.65. The van der Waals surface area contributed by atoms with Crippen LogP contribution in [0.25, 0.3) is 0 Å². The van der Waals surface area contributed by atoms with Crippen molar-refractivity contribution in [3.05, 3.63) is 28.8 Å². The molecule has 1 spiro atoms. The predicted molar refractivity (Wildman–Crippen MR) is 82.6 cm³/mol. The van der Waals surface area contributed by atoms with E-state index in [2.05, 4.69) is 31.1 Å². The van der Waals surface area contributed by atoms with Crippen LogP contribution in [-0.4, -0.2) is 36.7 Å². The van der Waals surface area contributed by atoms with Crippen LogP contribution in [0.3, 0.4) is 0 Å². The summed E-state index contributed by atoms with van der Waals surface area (Å²) in [5.41, 5.74) is 1.15. The van der Waals surface area contributed by atoms with Crippen molar-refractivity contribution >= 4 is 11.6 Å². The van der Waals surface area contributed by atoms with Crippen molar-refractivity contribution in [2.24, 2.45) is 0 Å². The summed E-state index contributed by atoms with van der Waals surface area (Å²) in [5, 5.41) is 4.37. The first-order valence-electron chi connectivity index (χ1n) is 7.45. The Bertz CT molecular complexity index is 495. The molecule has 1 aromatic carbocycles. The van der Waals surface area contributed by atoms with Gasteiger partial charge in [0.05, 0.1) is 0 Å². The molecule has 2 heterocycles. The molecular formula is C16H23ClN2O. The zero-order valence-corrected chi connectivity index (χ0v) is 13.2. The number of nitrogens with zero attached hydrogens (tertiary/aromatic N) is 1. The highest BCUT2D eigenvalue weighted by Crippen LogP contribution is 2.45. The number of hydrogen-bond donors (Lipinski definition) is 1. The van der Waals surface area contributed by atoms with Gasteiger partial charge in [-0.15, -0.1) is 0 Å².